The van der Waals surface area contributed by atoms with Gasteiger partial charge in [0.25, 0.3) is 0 Å². The van der Waals surface area contributed by atoms with Gasteiger partial charge in [-0.25, -0.2) is 9.37 Å². The smallest absolute Gasteiger partial charge is 0.222 e. The Labute approximate surface area is 128 Å². The quantitative estimate of drug-likeness (QED) is 0.881. The molecule has 0 saturated carbocycles. The van der Waals surface area contributed by atoms with Crippen molar-refractivity contribution in [1.29, 1.82) is 0 Å². The fourth-order valence-electron chi connectivity index (χ4n) is 2.20. The lowest BCUT2D eigenvalue weighted by Gasteiger charge is -2.20. The van der Waals surface area contributed by atoms with E-state index < -0.39 is 0 Å². The number of rotatable bonds is 4. The fraction of sp³-hybridized carbons (Fsp3) is 0.467. The van der Waals surface area contributed by atoms with Gasteiger partial charge in [0.2, 0.25) is 5.91 Å². The van der Waals surface area contributed by atoms with Crippen LogP contribution in [0.25, 0.3) is 11.0 Å². The van der Waals surface area contributed by atoms with E-state index in [9.17, 15) is 9.18 Å². The van der Waals surface area contributed by atoms with Gasteiger partial charge in [0.1, 0.15) is 11.6 Å². The van der Waals surface area contributed by atoms with E-state index in [0.717, 1.165) is 5.52 Å². The van der Waals surface area contributed by atoms with Crippen molar-refractivity contribution in [3.8, 4) is 0 Å². The predicted molar refractivity (Wildman–Crippen MR) is 81.8 cm³/mol. The Balaban J connectivity index is 2.19. The van der Waals surface area contributed by atoms with Crippen molar-refractivity contribution >= 4 is 28.5 Å². The molecule has 0 radical (unpaired) electrons. The Morgan fingerprint density at radius 1 is 1.43 bits per heavy atom. The van der Waals surface area contributed by atoms with Crippen molar-refractivity contribution in [3.63, 3.8) is 0 Å². The summed E-state index contributed by atoms with van der Waals surface area (Å²) in [7, 11) is 0. The molecule has 4 nitrogen and oxygen atoms in total. The Bertz CT molecular complexity index is 661. The highest BCUT2D eigenvalue weighted by Crippen LogP contribution is 2.19. The van der Waals surface area contributed by atoms with E-state index >= 15 is 0 Å². The highest BCUT2D eigenvalue weighted by atomic mass is 35.5. The summed E-state index contributed by atoms with van der Waals surface area (Å²) in [5.41, 5.74) is 1.09. The maximum absolute atomic E-state index is 13.2. The molecular weight excluding hydrogens is 293 g/mol. The van der Waals surface area contributed by atoms with Crippen molar-refractivity contribution in [2.75, 3.05) is 0 Å². The van der Waals surface area contributed by atoms with Gasteiger partial charge in [-0.3, -0.25) is 4.79 Å². The number of hydrogen-bond acceptors (Lipinski definition) is 2. The molecule has 0 fully saturated rings. The minimum absolute atomic E-state index is 0.0352. The van der Waals surface area contributed by atoms with E-state index in [1.807, 2.05) is 25.3 Å². The minimum Gasteiger partial charge on any atom is -0.351 e. The Morgan fingerprint density at radius 3 is 2.76 bits per heavy atom. The number of carbonyl (C=O) groups is 1. The molecule has 0 aliphatic heterocycles. The van der Waals surface area contributed by atoms with Crippen molar-refractivity contribution < 1.29 is 9.18 Å². The second kappa shape index (κ2) is 6.02. The molecule has 21 heavy (non-hydrogen) atoms. The predicted octanol–water partition coefficient (Wildman–Crippen LogP) is 3.22. The minimum atomic E-state index is -0.334. The number of aromatic nitrogens is 2. The maximum Gasteiger partial charge on any atom is 0.222 e. The van der Waals surface area contributed by atoms with Gasteiger partial charge < -0.3 is 9.88 Å². The molecule has 1 heterocycles. The molecule has 0 saturated heterocycles. The first kappa shape index (κ1) is 15.8. The Hall–Kier alpha value is -1.62. The number of aryl methyl sites for hydroxylation is 1. The summed E-state index contributed by atoms with van der Waals surface area (Å²) in [5, 5.41) is 2.91. The summed E-state index contributed by atoms with van der Waals surface area (Å²) in [5.74, 6) is 0.489. The number of fused-ring (bicyclic) bond motifs is 1. The first-order valence-corrected chi connectivity index (χ1v) is 7.35. The lowest BCUT2D eigenvalue weighted by molar-refractivity contribution is -0.122. The summed E-state index contributed by atoms with van der Waals surface area (Å²) < 4.78 is 15.1. The van der Waals surface area contributed by atoms with Gasteiger partial charge in [-0.2, -0.15) is 0 Å². The molecule has 1 aromatic heterocycles. The zero-order valence-electron chi connectivity index (χ0n) is 12.4. The summed E-state index contributed by atoms with van der Waals surface area (Å²) in [6, 6.07) is 4.42. The molecule has 114 valence electrons. The molecule has 2 aromatic rings. The van der Waals surface area contributed by atoms with Gasteiger partial charge in [0, 0.05) is 24.6 Å². The Morgan fingerprint density at radius 2 is 2.14 bits per heavy atom. The van der Waals surface area contributed by atoms with Gasteiger partial charge in [-0.05, 0) is 32.9 Å². The second-order valence-electron chi connectivity index (χ2n) is 5.99. The second-order valence-corrected chi connectivity index (χ2v) is 6.26. The Kier molecular flexibility index (Phi) is 4.52. The first-order chi connectivity index (χ1) is 9.80. The number of nitrogens with zero attached hydrogens (tertiary/aromatic N) is 2. The average Bonchev–Trinajstić information content (AvgIpc) is 2.71. The molecule has 0 aliphatic rings. The van der Waals surface area contributed by atoms with Crippen LogP contribution in [-0.4, -0.2) is 21.0 Å². The van der Waals surface area contributed by atoms with Gasteiger partial charge in [0.05, 0.1) is 16.9 Å². The first-order valence-electron chi connectivity index (χ1n) is 6.82. The van der Waals surface area contributed by atoms with E-state index in [1.165, 1.54) is 12.1 Å². The number of carbonyl (C=O) groups excluding carboxylic acids is 1. The summed E-state index contributed by atoms with van der Waals surface area (Å²) in [4.78, 5) is 16.2. The number of nitrogens with one attached hydrogen (secondary N) is 1. The summed E-state index contributed by atoms with van der Waals surface area (Å²) in [6.07, 6.45) is 0.323. The molecule has 0 aliphatic carbocycles. The maximum atomic E-state index is 13.2. The van der Waals surface area contributed by atoms with Crippen LogP contribution in [0.4, 0.5) is 4.39 Å². The molecule has 0 spiro atoms. The van der Waals surface area contributed by atoms with Crippen molar-refractivity contribution in [2.24, 2.45) is 0 Å². The highest BCUT2D eigenvalue weighted by Gasteiger charge is 2.15. The van der Waals surface area contributed by atoms with Crippen LogP contribution in [-0.2, 0) is 17.2 Å². The van der Waals surface area contributed by atoms with Crippen molar-refractivity contribution in [1.82, 2.24) is 14.9 Å². The topological polar surface area (TPSA) is 46.9 Å². The van der Waals surface area contributed by atoms with Crippen molar-refractivity contribution in [3.05, 3.63) is 29.8 Å². The van der Waals surface area contributed by atoms with E-state index in [1.54, 1.807) is 6.07 Å². The largest absolute Gasteiger partial charge is 0.351 e. The van der Waals surface area contributed by atoms with Crippen LogP contribution in [0, 0.1) is 5.82 Å². The van der Waals surface area contributed by atoms with Crippen LogP contribution in [0.1, 0.15) is 33.0 Å². The van der Waals surface area contributed by atoms with Gasteiger partial charge in [-0.1, -0.05) is 0 Å². The zero-order valence-corrected chi connectivity index (χ0v) is 13.2. The number of hydrogen-bond donors (Lipinski definition) is 1. The SMILES string of the molecule is CC(C)(C)NC(=O)CCn1c(CCl)nc2cc(F)ccc21. The van der Waals surface area contributed by atoms with Crippen LogP contribution in [0.2, 0.25) is 0 Å². The van der Waals surface area contributed by atoms with Crippen LogP contribution >= 0.6 is 11.6 Å². The third-order valence-electron chi connectivity index (χ3n) is 2.99. The van der Waals surface area contributed by atoms with E-state index in [-0.39, 0.29) is 23.1 Å². The van der Waals surface area contributed by atoms with Crippen molar-refractivity contribution in [2.45, 2.75) is 45.2 Å². The number of benzene rings is 1. The summed E-state index contributed by atoms with van der Waals surface area (Å²) in [6.45, 7) is 6.27. The molecule has 0 unspecified atom stereocenters. The van der Waals surface area contributed by atoms with Crippen LogP contribution in [0.15, 0.2) is 18.2 Å². The number of halogens is 2. The summed E-state index contributed by atoms with van der Waals surface area (Å²) >= 11 is 5.89. The standard InChI is InChI=1S/C15H19ClFN3O/c1-15(2,3)19-14(21)6-7-20-12-5-4-10(17)8-11(12)18-13(20)9-16/h4-5,8H,6-7,9H2,1-3H3,(H,19,21). The molecule has 0 atom stereocenters. The fourth-order valence-corrected chi connectivity index (χ4v) is 2.40. The zero-order chi connectivity index (χ0) is 15.6. The van der Waals surface area contributed by atoms with Gasteiger partial charge in [-0.15, -0.1) is 11.6 Å². The molecule has 6 heteroatoms. The van der Waals surface area contributed by atoms with Crippen LogP contribution < -0.4 is 5.32 Å². The lowest BCUT2D eigenvalue weighted by Crippen LogP contribution is -2.40. The monoisotopic (exact) mass is 311 g/mol. The molecular formula is C15H19ClFN3O. The van der Waals surface area contributed by atoms with E-state index in [2.05, 4.69) is 10.3 Å². The van der Waals surface area contributed by atoms with Crippen LogP contribution in [0.5, 0.6) is 0 Å². The van der Waals surface area contributed by atoms with Gasteiger partial charge >= 0.3 is 0 Å². The lowest BCUT2D eigenvalue weighted by atomic mass is 10.1. The third kappa shape index (κ3) is 3.94. The molecule has 1 amide bonds. The molecule has 1 aromatic carbocycles. The van der Waals surface area contributed by atoms with Gasteiger partial charge in [0.15, 0.2) is 0 Å². The number of amides is 1. The molecule has 2 rings (SSSR count). The average molecular weight is 312 g/mol. The third-order valence-corrected chi connectivity index (χ3v) is 3.22. The number of imidazole rings is 1. The normalized spacial score (nSPS) is 11.9. The van der Waals surface area contributed by atoms with Crippen LogP contribution in [0.3, 0.4) is 0 Å². The molecule has 0 bridgehead atoms. The highest BCUT2D eigenvalue weighted by molar-refractivity contribution is 6.16. The van der Waals surface area contributed by atoms with E-state index in [0.29, 0.717) is 24.3 Å². The number of alkyl halides is 1. The molecule has 1 N–H and O–H groups in total. The van der Waals surface area contributed by atoms with E-state index in [4.69, 9.17) is 11.6 Å².